The van der Waals surface area contributed by atoms with Gasteiger partial charge in [-0.15, -0.1) is 0 Å². The third-order valence-electron chi connectivity index (χ3n) is 5.28. The van der Waals surface area contributed by atoms with Crippen LogP contribution in [0, 0.1) is 12.7 Å². The fourth-order valence-corrected chi connectivity index (χ4v) is 3.76. The number of aryl methyl sites for hydroxylation is 1. The highest BCUT2D eigenvalue weighted by Crippen LogP contribution is 2.35. The third-order valence-corrected chi connectivity index (χ3v) is 5.60. The first kappa shape index (κ1) is 22.2. The highest BCUT2D eigenvalue weighted by atomic mass is 32.1. The van der Waals surface area contributed by atoms with Gasteiger partial charge in [-0.3, -0.25) is 9.99 Å². The number of carboxylic acids is 1. The van der Waals surface area contributed by atoms with Crippen LogP contribution < -0.4 is 5.43 Å². The van der Waals surface area contributed by atoms with Gasteiger partial charge in [-0.2, -0.15) is 5.10 Å². The quantitative estimate of drug-likeness (QED) is 0.217. The predicted octanol–water partition coefficient (Wildman–Crippen LogP) is 5.17. The lowest BCUT2D eigenvalue weighted by Gasteiger charge is -2.08. The number of thiocarbonyl (C=S) groups is 1. The second-order valence-electron chi connectivity index (χ2n) is 7.55. The summed E-state index contributed by atoms with van der Waals surface area (Å²) in [5.74, 6) is -1.53. The molecule has 6 nitrogen and oxygen atoms in total. The molecule has 0 aliphatic heterocycles. The van der Waals surface area contributed by atoms with Crippen molar-refractivity contribution in [2.75, 3.05) is 0 Å². The molecule has 4 rings (SSSR count). The van der Waals surface area contributed by atoms with Crippen molar-refractivity contribution in [3.05, 3.63) is 94.8 Å². The summed E-state index contributed by atoms with van der Waals surface area (Å²) in [6, 6.07) is 18.0. The van der Waals surface area contributed by atoms with Gasteiger partial charge in [0, 0.05) is 16.6 Å². The second kappa shape index (κ2) is 8.84. The Hall–Kier alpha value is -4.04. The van der Waals surface area contributed by atoms with Crippen molar-refractivity contribution in [2.45, 2.75) is 13.8 Å². The number of aromatic nitrogens is 1. The molecule has 0 bridgehead atoms. The van der Waals surface area contributed by atoms with Crippen molar-refractivity contribution in [3.63, 3.8) is 0 Å². The highest BCUT2D eigenvalue weighted by molar-refractivity contribution is 7.80. The number of hydrazone groups is 1. The molecule has 1 heterocycles. The Morgan fingerprint density at radius 1 is 1.03 bits per heavy atom. The fraction of sp³-hybridized carbons (Fsp3) is 0.0800. The van der Waals surface area contributed by atoms with E-state index >= 15 is 0 Å². The summed E-state index contributed by atoms with van der Waals surface area (Å²) in [4.78, 5) is 11.3. The number of hydrogen-bond acceptors (Lipinski definition) is 4. The normalized spacial score (nSPS) is 11.5. The average molecular weight is 462 g/mol. The molecule has 3 N–H and O–H groups in total. The predicted molar refractivity (Wildman–Crippen MR) is 130 cm³/mol. The van der Waals surface area contributed by atoms with E-state index in [0.29, 0.717) is 27.7 Å². The SMILES string of the molecule is CC(=NNC(=S)c1ccc(C(=O)O)cc1)c1c(O)n(-c2ccc(C)cc2)c2ccc(F)cc12. The third kappa shape index (κ3) is 4.33. The van der Waals surface area contributed by atoms with Crippen LogP contribution >= 0.6 is 12.2 Å². The first-order valence-electron chi connectivity index (χ1n) is 10.0. The van der Waals surface area contributed by atoms with Gasteiger partial charge in [0.05, 0.1) is 22.4 Å². The number of carbonyl (C=O) groups is 1. The standard InChI is InChI=1S/C25H20FN3O3S/c1-14-3-10-19(11-4-14)29-21-12-9-18(26)13-20(21)22(24(29)30)15(2)27-28-23(33)16-5-7-17(8-6-16)25(31)32/h3-13,30H,1-2H3,(H,28,33)(H,31,32). The van der Waals surface area contributed by atoms with E-state index in [1.165, 1.54) is 24.3 Å². The summed E-state index contributed by atoms with van der Waals surface area (Å²) >= 11 is 5.35. The average Bonchev–Trinajstić information content (AvgIpc) is 3.08. The topological polar surface area (TPSA) is 86.8 Å². The molecule has 0 amide bonds. The molecule has 166 valence electrons. The zero-order chi connectivity index (χ0) is 23.7. The van der Waals surface area contributed by atoms with Crippen LogP contribution in [-0.2, 0) is 0 Å². The van der Waals surface area contributed by atoms with E-state index in [9.17, 15) is 14.3 Å². The largest absolute Gasteiger partial charge is 0.494 e. The van der Waals surface area contributed by atoms with Gasteiger partial charge in [0.25, 0.3) is 0 Å². The minimum Gasteiger partial charge on any atom is -0.494 e. The summed E-state index contributed by atoms with van der Waals surface area (Å²) in [7, 11) is 0. The number of aromatic hydroxyl groups is 1. The van der Waals surface area contributed by atoms with Gasteiger partial charge in [0.1, 0.15) is 10.8 Å². The minimum atomic E-state index is -1.03. The molecule has 1 aromatic heterocycles. The second-order valence-corrected chi connectivity index (χ2v) is 7.96. The van der Waals surface area contributed by atoms with Gasteiger partial charge in [-0.25, -0.2) is 9.18 Å². The van der Waals surface area contributed by atoms with Crippen LogP contribution in [0.25, 0.3) is 16.6 Å². The van der Waals surface area contributed by atoms with Crippen LogP contribution in [0.1, 0.15) is 34.0 Å². The number of hydrogen-bond donors (Lipinski definition) is 3. The summed E-state index contributed by atoms with van der Waals surface area (Å²) < 4.78 is 15.7. The number of nitrogens with one attached hydrogen (secondary N) is 1. The molecule has 0 unspecified atom stereocenters. The molecule has 0 radical (unpaired) electrons. The summed E-state index contributed by atoms with van der Waals surface area (Å²) in [6.07, 6.45) is 0. The zero-order valence-corrected chi connectivity index (χ0v) is 18.7. The number of carboxylic acid groups (broad SMARTS) is 1. The maximum absolute atomic E-state index is 14.1. The van der Waals surface area contributed by atoms with E-state index < -0.39 is 11.8 Å². The first-order valence-corrected chi connectivity index (χ1v) is 10.5. The van der Waals surface area contributed by atoms with Crippen LogP contribution in [0.2, 0.25) is 0 Å². The first-order chi connectivity index (χ1) is 15.8. The molecule has 4 aromatic rings. The molecular weight excluding hydrogens is 441 g/mol. The maximum atomic E-state index is 14.1. The smallest absolute Gasteiger partial charge is 0.335 e. The van der Waals surface area contributed by atoms with Crippen LogP contribution in [0.3, 0.4) is 0 Å². The minimum absolute atomic E-state index is 0.0702. The van der Waals surface area contributed by atoms with Crippen LogP contribution in [-0.4, -0.2) is 31.4 Å². The number of nitrogens with zero attached hydrogens (tertiary/aromatic N) is 2. The van der Waals surface area contributed by atoms with Crippen molar-refractivity contribution in [3.8, 4) is 11.6 Å². The molecule has 0 atom stereocenters. The number of aromatic carboxylic acids is 1. The monoisotopic (exact) mass is 461 g/mol. The van der Waals surface area contributed by atoms with E-state index in [1.807, 2.05) is 31.2 Å². The van der Waals surface area contributed by atoms with E-state index in [-0.39, 0.29) is 16.4 Å². The van der Waals surface area contributed by atoms with Gasteiger partial charge >= 0.3 is 5.97 Å². The molecule has 0 aliphatic rings. The van der Waals surface area contributed by atoms with Crippen molar-refractivity contribution < 1.29 is 19.4 Å². The number of halogens is 1. The number of rotatable bonds is 5. The lowest BCUT2D eigenvalue weighted by atomic mass is 10.1. The van der Waals surface area contributed by atoms with E-state index in [0.717, 1.165) is 11.3 Å². The van der Waals surface area contributed by atoms with Gasteiger partial charge < -0.3 is 10.2 Å². The zero-order valence-electron chi connectivity index (χ0n) is 17.8. The van der Waals surface area contributed by atoms with E-state index in [1.54, 1.807) is 29.7 Å². The molecule has 0 saturated heterocycles. The Bertz CT molecular complexity index is 1410. The highest BCUT2D eigenvalue weighted by Gasteiger charge is 2.20. The summed E-state index contributed by atoms with van der Waals surface area (Å²) in [6.45, 7) is 3.65. The van der Waals surface area contributed by atoms with Crippen LogP contribution in [0.5, 0.6) is 5.88 Å². The lowest BCUT2D eigenvalue weighted by molar-refractivity contribution is 0.0697. The Kier molecular flexibility index (Phi) is 5.93. The summed E-state index contributed by atoms with van der Waals surface area (Å²) in [5.41, 5.74) is 6.72. The molecule has 33 heavy (non-hydrogen) atoms. The lowest BCUT2D eigenvalue weighted by Crippen LogP contribution is -2.18. The molecular formula is C25H20FN3O3S. The Balaban J connectivity index is 1.72. The van der Waals surface area contributed by atoms with E-state index in [4.69, 9.17) is 17.3 Å². The molecule has 0 aliphatic carbocycles. The van der Waals surface area contributed by atoms with Crippen LogP contribution in [0.4, 0.5) is 4.39 Å². The number of benzene rings is 3. The van der Waals surface area contributed by atoms with Crippen molar-refractivity contribution >= 4 is 39.8 Å². The van der Waals surface area contributed by atoms with Crippen LogP contribution in [0.15, 0.2) is 71.8 Å². The van der Waals surface area contributed by atoms with Crippen molar-refractivity contribution in [1.29, 1.82) is 0 Å². The Morgan fingerprint density at radius 3 is 2.30 bits per heavy atom. The van der Waals surface area contributed by atoms with Crippen molar-refractivity contribution in [1.82, 2.24) is 9.99 Å². The fourth-order valence-electron chi connectivity index (χ4n) is 3.58. The van der Waals surface area contributed by atoms with Gasteiger partial charge in [-0.1, -0.05) is 42.0 Å². The van der Waals surface area contributed by atoms with Gasteiger partial charge in [0.15, 0.2) is 0 Å². The van der Waals surface area contributed by atoms with E-state index in [2.05, 4.69) is 10.5 Å². The molecule has 0 spiro atoms. The molecule has 0 fully saturated rings. The molecule has 0 saturated carbocycles. The number of fused-ring (bicyclic) bond motifs is 1. The van der Waals surface area contributed by atoms with Crippen molar-refractivity contribution in [2.24, 2.45) is 5.10 Å². The Labute approximate surface area is 194 Å². The summed E-state index contributed by atoms with van der Waals surface area (Å²) in [5, 5.41) is 24.9. The van der Waals surface area contributed by atoms with Gasteiger partial charge in [-0.05, 0) is 56.3 Å². The van der Waals surface area contributed by atoms with Gasteiger partial charge in [0.2, 0.25) is 5.88 Å². The molecule has 3 aromatic carbocycles. The molecule has 8 heteroatoms. The Morgan fingerprint density at radius 2 is 1.67 bits per heavy atom. The maximum Gasteiger partial charge on any atom is 0.335 e.